The van der Waals surface area contributed by atoms with Crippen molar-refractivity contribution in [1.29, 1.82) is 0 Å². The molecule has 0 spiro atoms. The average Bonchev–Trinajstić information content (AvgIpc) is 2.95. The second-order valence-electron chi connectivity index (χ2n) is 5.58. The fraction of sp³-hybridized carbons (Fsp3) is 0.500. The second kappa shape index (κ2) is 9.08. The Hall–Kier alpha value is -2.17. The van der Waals surface area contributed by atoms with Gasteiger partial charge in [0.1, 0.15) is 11.4 Å². The lowest BCUT2D eigenvalue weighted by Gasteiger charge is -2.08. The van der Waals surface area contributed by atoms with Gasteiger partial charge in [-0.05, 0) is 31.0 Å². The summed E-state index contributed by atoms with van der Waals surface area (Å²) in [6.45, 7) is 5.63. The Labute approximate surface area is 137 Å². The number of hydrogen-bond acceptors (Lipinski definition) is 4. The molecule has 1 aromatic carbocycles. The summed E-state index contributed by atoms with van der Waals surface area (Å²) in [7, 11) is 0. The third-order valence-electron chi connectivity index (χ3n) is 3.81. The van der Waals surface area contributed by atoms with Crippen LogP contribution in [0.2, 0.25) is 0 Å². The fourth-order valence-electron chi connectivity index (χ4n) is 2.55. The number of aryl methyl sites for hydroxylation is 1. The molecule has 0 aliphatic heterocycles. The maximum atomic E-state index is 11.2. The summed E-state index contributed by atoms with van der Waals surface area (Å²) < 4.78 is 7.33. The molecule has 5 heteroatoms. The summed E-state index contributed by atoms with van der Waals surface area (Å²) in [4.78, 5) is 11.2. The van der Waals surface area contributed by atoms with E-state index in [-0.39, 0.29) is 0 Å². The molecule has 0 saturated carbocycles. The Balaban J connectivity index is 2.07. The smallest absolute Gasteiger partial charge is 0.172 e. The lowest BCUT2D eigenvalue weighted by molar-refractivity contribution is 0.111. The minimum Gasteiger partial charge on any atom is -0.494 e. The quantitative estimate of drug-likeness (QED) is 0.496. The van der Waals surface area contributed by atoms with E-state index in [2.05, 4.69) is 17.2 Å². The molecule has 0 N–H and O–H groups in total. The maximum Gasteiger partial charge on any atom is 0.172 e. The molecule has 5 nitrogen and oxygen atoms in total. The second-order valence-corrected chi connectivity index (χ2v) is 5.58. The highest BCUT2D eigenvalue weighted by atomic mass is 16.5. The molecule has 0 unspecified atom stereocenters. The monoisotopic (exact) mass is 315 g/mol. The first-order valence-corrected chi connectivity index (χ1v) is 8.37. The van der Waals surface area contributed by atoms with Gasteiger partial charge >= 0.3 is 0 Å². The topological polar surface area (TPSA) is 57.0 Å². The summed E-state index contributed by atoms with van der Waals surface area (Å²) in [5.41, 5.74) is 2.45. The number of carbonyl (C=O) groups is 1. The molecule has 0 aliphatic carbocycles. The Kier molecular flexibility index (Phi) is 6.78. The van der Waals surface area contributed by atoms with Crippen molar-refractivity contribution in [1.82, 2.24) is 15.0 Å². The van der Waals surface area contributed by atoms with Crippen molar-refractivity contribution < 1.29 is 9.53 Å². The standard InChI is InChI=1S/C18H25N3O2/c1-3-5-6-7-12-21-18(17(14-22)19-20-21)13-15-8-10-16(11-9-15)23-4-2/h8-11,14H,3-7,12-13H2,1-2H3. The summed E-state index contributed by atoms with van der Waals surface area (Å²) in [5.74, 6) is 0.859. The number of aldehydes is 1. The molecule has 0 fully saturated rings. The third-order valence-corrected chi connectivity index (χ3v) is 3.81. The van der Waals surface area contributed by atoms with E-state index in [1.807, 2.05) is 35.9 Å². The van der Waals surface area contributed by atoms with E-state index < -0.39 is 0 Å². The van der Waals surface area contributed by atoms with Crippen LogP contribution in [0, 0.1) is 0 Å². The average molecular weight is 315 g/mol. The molecular formula is C18H25N3O2. The Morgan fingerprint density at radius 1 is 1.13 bits per heavy atom. The highest BCUT2D eigenvalue weighted by Crippen LogP contribution is 2.17. The Morgan fingerprint density at radius 2 is 1.91 bits per heavy atom. The molecular weight excluding hydrogens is 290 g/mol. The number of carbonyl (C=O) groups excluding carboxylic acids is 1. The molecule has 0 aliphatic rings. The lowest BCUT2D eigenvalue weighted by Crippen LogP contribution is -2.07. The van der Waals surface area contributed by atoms with Crippen LogP contribution in [-0.2, 0) is 13.0 Å². The van der Waals surface area contributed by atoms with E-state index in [0.29, 0.717) is 18.7 Å². The van der Waals surface area contributed by atoms with Crippen molar-refractivity contribution in [3.05, 3.63) is 41.2 Å². The molecule has 2 rings (SSSR count). The normalized spacial score (nSPS) is 10.7. The third kappa shape index (κ3) is 4.91. The molecule has 0 amide bonds. The van der Waals surface area contributed by atoms with E-state index in [1.165, 1.54) is 19.3 Å². The zero-order chi connectivity index (χ0) is 16.5. The minimum atomic E-state index is 0.439. The fourth-order valence-corrected chi connectivity index (χ4v) is 2.55. The zero-order valence-electron chi connectivity index (χ0n) is 14.0. The van der Waals surface area contributed by atoms with E-state index in [4.69, 9.17) is 4.74 Å². The van der Waals surface area contributed by atoms with Gasteiger partial charge in [-0.1, -0.05) is 43.5 Å². The summed E-state index contributed by atoms with van der Waals surface area (Å²) in [5, 5.41) is 8.14. The molecule has 124 valence electrons. The number of benzene rings is 1. The summed E-state index contributed by atoms with van der Waals surface area (Å²) in [6, 6.07) is 7.95. The van der Waals surface area contributed by atoms with Gasteiger partial charge in [-0.25, -0.2) is 4.68 Å². The Bertz CT molecular complexity index is 605. The number of ether oxygens (including phenoxy) is 1. The van der Waals surface area contributed by atoms with Crippen LogP contribution in [0.5, 0.6) is 5.75 Å². The van der Waals surface area contributed by atoms with Gasteiger partial charge in [-0.15, -0.1) is 5.10 Å². The highest BCUT2D eigenvalue weighted by molar-refractivity contribution is 5.73. The molecule has 0 atom stereocenters. The first kappa shape index (κ1) is 17.2. The lowest BCUT2D eigenvalue weighted by atomic mass is 10.1. The van der Waals surface area contributed by atoms with Crippen LogP contribution >= 0.6 is 0 Å². The highest BCUT2D eigenvalue weighted by Gasteiger charge is 2.12. The SMILES string of the molecule is CCCCCCn1nnc(C=O)c1Cc1ccc(OCC)cc1. The van der Waals surface area contributed by atoms with Crippen LogP contribution in [0.25, 0.3) is 0 Å². The van der Waals surface area contributed by atoms with Gasteiger partial charge in [0.15, 0.2) is 6.29 Å². The van der Waals surface area contributed by atoms with Crippen LogP contribution in [0.15, 0.2) is 24.3 Å². The number of nitrogens with zero attached hydrogens (tertiary/aromatic N) is 3. The summed E-state index contributed by atoms with van der Waals surface area (Å²) in [6.07, 6.45) is 6.11. The molecule has 0 bridgehead atoms. The maximum absolute atomic E-state index is 11.2. The Morgan fingerprint density at radius 3 is 2.57 bits per heavy atom. The largest absolute Gasteiger partial charge is 0.494 e. The first-order chi connectivity index (χ1) is 11.3. The van der Waals surface area contributed by atoms with E-state index in [1.54, 1.807) is 0 Å². The van der Waals surface area contributed by atoms with Crippen molar-refractivity contribution in [2.24, 2.45) is 0 Å². The van der Waals surface area contributed by atoms with Crippen LogP contribution in [0.4, 0.5) is 0 Å². The molecule has 0 saturated heterocycles. The number of aromatic nitrogens is 3. The van der Waals surface area contributed by atoms with Crippen LogP contribution in [-0.4, -0.2) is 27.9 Å². The van der Waals surface area contributed by atoms with Gasteiger partial charge in [0.05, 0.1) is 12.3 Å². The molecule has 23 heavy (non-hydrogen) atoms. The predicted octanol–water partition coefficient (Wildman–Crippen LogP) is 3.66. The predicted molar refractivity (Wildman–Crippen MR) is 90.0 cm³/mol. The minimum absolute atomic E-state index is 0.439. The number of hydrogen-bond donors (Lipinski definition) is 0. The van der Waals surface area contributed by atoms with Gasteiger partial charge < -0.3 is 4.74 Å². The van der Waals surface area contributed by atoms with Gasteiger partial charge in [0.25, 0.3) is 0 Å². The first-order valence-electron chi connectivity index (χ1n) is 8.37. The van der Waals surface area contributed by atoms with Crippen LogP contribution in [0.3, 0.4) is 0 Å². The molecule has 1 aromatic heterocycles. The van der Waals surface area contributed by atoms with Gasteiger partial charge in [0, 0.05) is 13.0 Å². The van der Waals surface area contributed by atoms with Crippen LogP contribution < -0.4 is 4.74 Å². The van der Waals surface area contributed by atoms with Crippen LogP contribution in [0.1, 0.15) is 61.3 Å². The van der Waals surface area contributed by atoms with Crippen molar-refractivity contribution in [3.63, 3.8) is 0 Å². The molecule has 0 radical (unpaired) electrons. The van der Waals surface area contributed by atoms with E-state index in [0.717, 1.165) is 36.3 Å². The van der Waals surface area contributed by atoms with Crippen molar-refractivity contribution in [2.75, 3.05) is 6.61 Å². The zero-order valence-corrected chi connectivity index (χ0v) is 14.0. The van der Waals surface area contributed by atoms with E-state index >= 15 is 0 Å². The molecule has 1 heterocycles. The van der Waals surface area contributed by atoms with Crippen molar-refractivity contribution in [3.8, 4) is 5.75 Å². The van der Waals surface area contributed by atoms with Crippen molar-refractivity contribution in [2.45, 2.75) is 52.5 Å². The van der Waals surface area contributed by atoms with Crippen molar-refractivity contribution >= 4 is 6.29 Å². The molecule has 2 aromatic rings. The number of rotatable bonds is 10. The van der Waals surface area contributed by atoms with Gasteiger partial charge in [-0.2, -0.15) is 0 Å². The summed E-state index contributed by atoms with van der Waals surface area (Å²) >= 11 is 0. The van der Waals surface area contributed by atoms with E-state index in [9.17, 15) is 4.79 Å². The number of unbranched alkanes of at least 4 members (excludes halogenated alkanes) is 3. The van der Waals surface area contributed by atoms with Gasteiger partial charge in [0.2, 0.25) is 0 Å². The van der Waals surface area contributed by atoms with Gasteiger partial charge in [-0.3, -0.25) is 4.79 Å².